The Morgan fingerprint density at radius 1 is 0.951 bits per heavy atom. The summed E-state index contributed by atoms with van der Waals surface area (Å²) in [5.74, 6) is -0.140. The van der Waals surface area contributed by atoms with Crippen LogP contribution in [0.4, 0.5) is 14.4 Å². The zero-order valence-corrected chi connectivity index (χ0v) is 23.7. The Morgan fingerprint density at radius 2 is 1.56 bits per heavy atom. The highest BCUT2D eigenvalue weighted by Gasteiger charge is 2.25. The minimum Gasteiger partial charge on any atom is -0.444 e. The van der Waals surface area contributed by atoms with Gasteiger partial charge >= 0.3 is 18.3 Å². The van der Waals surface area contributed by atoms with E-state index < -0.39 is 30.5 Å². The van der Waals surface area contributed by atoms with Gasteiger partial charge in [0.25, 0.3) is 0 Å². The predicted molar refractivity (Wildman–Crippen MR) is 153 cm³/mol. The fraction of sp³-hybridized carbons (Fsp3) is 0.400. The first-order valence-electron chi connectivity index (χ1n) is 13.4. The minimum absolute atomic E-state index is 0.00938. The summed E-state index contributed by atoms with van der Waals surface area (Å²) in [5, 5.41) is 15.0. The molecule has 1 aliphatic rings. The van der Waals surface area contributed by atoms with E-state index in [-0.39, 0.29) is 25.1 Å². The Morgan fingerprint density at radius 3 is 2.15 bits per heavy atom. The number of aliphatic imine (C=N–C) groups is 1. The van der Waals surface area contributed by atoms with Crippen molar-refractivity contribution in [1.29, 1.82) is 0 Å². The SMILES string of the molecule is CC(C)(C)OC(=O)N/C(=C/C1CCCN(C(=NC(=O)OCc2ccccc2)NC(=O)OCc2ccccc2)C1)CO. The first-order valence-corrected chi connectivity index (χ1v) is 13.4. The molecular weight excluding hydrogens is 528 g/mol. The molecule has 0 spiro atoms. The average Bonchev–Trinajstić information content (AvgIpc) is 2.94. The molecule has 0 saturated carbocycles. The lowest BCUT2D eigenvalue weighted by atomic mass is 9.97. The van der Waals surface area contributed by atoms with Crippen LogP contribution in [-0.4, -0.2) is 59.5 Å². The number of hydrogen-bond donors (Lipinski definition) is 3. The van der Waals surface area contributed by atoms with Gasteiger partial charge in [0.1, 0.15) is 18.8 Å². The lowest BCUT2D eigenvalue weighted by molar-refractivity contribution is 0.0538. The third kappa shape index (κ3) is 11.7. The van der Waals surface area contributed by atoms with Gasteiger partial charge in [0.15, 0.2) is 0 Å². The van der Waals surface area contributed by atoms with Gasteiger partial charge in [0.05, 0.1) is 6.61 Å². The molecule has 0 bridgehead atoms. The molecule has 1 heterocycles. The molecule has 3 rings (SSSR count). The fourth-order valence-corrected chi connectivity index (χ4v) is 4.06. The van der Waals surface area contributed by atoms with Gasteiger partial charge in [0.2, 0.25) is 5.96 Å². The standard InChI is InChI=1S/C30H38N4O7/c1-30(2,3)41-29(38)31-25(19-35)17-24-15-10-16-34(18-24)26(32-27(36)39-20-22-11-6-4-7-12-22)33-28(37)40-21-23-13-8-5-9-14-23/h4-9,11-14,17,24,35H,10,15-16,18-21H2,1-3H3,(H,31,38)(H,32,33,36,37)/b25-17+. The van der Waals surface area contributed by atoms with Gasteiger partial charge in [-0.05, 0) is 50.7 Å². The highest BCUT2D eigenvalue weighted by Crippen LogP contribution is 2.19. The number of hydrogen-bond acceptors (Lipinski definition) is 7. The van der Waals surface area contributed by atoms with Crippen LogP contribution >= 0.6 is 0 Å². The number of guanidine groups is 1. The zero-order chi connectivity index (χ0) is 29.7. The number of rotatable bonds is 7. The molecule has 41 heavy (non-hydrogen) atoms. The van der Waals surface area contributed by atoms with Crippen LogP contribution in [0.25, 0.3) is 0 Å². The van der Waals surface area contributed by atoms with Crippen LogP contribution in [0.15, 0.2) is 77.4 Å². The van der Waals surface area contributed by atoms with Crippen molar-refractivity contribution >= 4 is 24.2 Å². The van der Waals surface area contributed by atoms with E-state index in [1.54, 1.807) is 31.7 Å². The van der Waals surface area contributed by atoms with Crippen LogP contribution in [0.5, 0.6) is 0 Å². The molecule has 1 saturated heterocycles. The van der Waals surface area contributed by atoms with Gasteiger partial charge in [-0.3, -0.25) is 10.6 Å². The number of alkyl carbamates (subject to hydrolysis) is 2. The second-order valence-electron chi connectivity index (χ2n) is 10.5. The van der Waals surface area contributed by atoms with Crippen LogP contribution < -0.4 is 10.6 Å². The Kier molecular flexibility index (Phi) is 11.7. The fourth-order valence-electron chi connectivity index (χ4n) is 4.06. The van der Waals surface area contributed by atoms with Crippen LogP contribution in [-0.2, 0) is 27.4 Å². The van der Waals surface area contributed by atoms with Crippen molar-refractivity contribution in [2.45, 2.75) is 52.4 Å². The van der Waals surface area contributed by atoms with Crippen molar-refractivity contribution in [1.82, 2.24) is 15.5 Å². The van der Waals surface area contributed by atoms with E-state index in [1.807, 2.05) is 60.7 Å². The van der Waals surface area contributed by atoms with E-state index in [0.29, 0.717) is 25.2 Å². The van der Waals surface area contributed by atoms with Crippen molar-refractivity contribution < 1.29 is 33.7 Å². The number of likely N-dealkylation sites (tertiary alicyclic amines) is 1. The third-order valence-electron chi connectivity index (χ3n) is 5.86. The van der Waals surface area contributed by atoms with Crippen LogP contribution in [0.1, 0.15) is 44.7 Å². The number of nitrogens with zero attached hydrogens (tertiary/aromatic N) is 2. The van der Waals surface area contributed by atoms with E-state index >= 15 is 0 Å². The molecule has 11 heteroatoms. The van der Waals surface area contributed by atoms with Crippen molar-refractivity contribution in [2.75, 3.05) is 19.7 Å². The monoisotopic (exact) mass is 566 g/mol. The summed E-state index contributed by atoms with van der Waals surface area (Å²) in [5.41, 5.74) is 1.21. The molecule has 3 N–H and O–H groups in total. The molecule has 1 aliphatic heterocycles. The van der Waals surface area contributed by atoms with E-state index in [9.17, 15) is 19.5 Å². The van der Waals surface area contributed by atoms with Crippen LogP contribution in [0.3, 0.4) is 0 Å². The highest BCUT2D eigenvalue weighted by atomic mass is 16.6. The average molecular weight is 567 g/mol. The van der Waals surface area contributed by atoms with Gasteiger partial charge in [-0.25, -0.2) is 14.4 Å². The summed E-state index contributed by atoms with van der Waals surface area (Å²) in [6, 6.07) is 18.4. The first kappa shape index (κ1) is 31.2. The molecule has 0 aliphatic carbocycles. The Bertz CT molecular complexity index is 1210. The number of carbonyl (C=O) groups is 3. The minimum atomic E-state index is -0.868. The van der Waals surface area contributed by atoms with E-state index in [0.717, 1.165) is 17.5 Å². The highest BCUT2D eigenvalue weighted by molar-refractivity contribution is 5.98. The smallest absolute Gasteiger partial charge is 0.437 e. The summed E-state index contributed by atoms with van der Waals surface area (Å²) in [6.45, 7) is 5.76. The number of benzene rings is 2. The maximum Gasteiger partial charge on any atom is 0.437 e. The van der Waals surface area contributed by atoms with Crippen molar-refractivity contribution in [3.8, 4) is 0 Å². The Hall–Kier alpha value is -4.38. The van der Waals surface area contributed by atoms with Crippen molar-refractivity contribution in [3.63, 3.8) is 0 Å². The quantitative estimate of drug-likeness (QED) is 0.249. The molecular formula is C30H38N4O7. The van der Waals surface area contributed by atoms with Crippen LogP contribution in [0.2, 0.25) is 0 Å². The molecule has 2 aromatic rings. The summed E-state index contributed by atoms with van der Waals surface area (Å²) in [6.07, 6.45) is 0.883. The summed E-state index contributed by atoms with van der Waals surface area (Å²) in [4.78, 5) is 43.3. The number of piperidine rings is 1. The summed E-state index contributed by atoms with van der Waals surface area (Å²) < 4.78 is 15.9. The predicted octanol–water partition coefficient (Wildman–Crippen LogP) is 4.72. The van der Waals surface area contributed by atoms with E-state index in [1.165, 1.54) is 0 Å². The zero-order valence-electron chi connectivity index (χ0n) is 23.7. The maximum absolute atomic E-state index is 12.7. The molecule has 220 valence electrons. The normalized spacial score (nSPS) is 16.0. The number of amides is 3. The van der Waals surface area contributed by atoms with Crippen molar-refractivity contribution in [3.05, 3.63) is 83.6 Å². The van der Waals surface area contributed by atoms with Gasteiger partial charge < -0.3 is 24.2 Å². The molecule has 11 nitrogen and oxygen atoms in total. The second-order valence-corrected chi connectivity index (χ2v) is 10.5. The molecule has 3 amide bonds. The number of carbonyl (C=O) groups excluding carboxylic acids is 3. The Labute approximate surface area is 240 Å². The molecule has 0 aromatic heterocycles. The topological polar surface area (TPSA) is 139 Å². The van der Waals surface area contributed by atoms with Crippen molar-refractivity contribution in [2.24, 2.45) is 10.9 Å². The number of aliphatic hydroxyl groups excluding tert-OH is 1. The van der Waals surface area contributed by atoms with Gasteiger partial charge in [-0.15, -0.1) is 4.99 Å². The number of nitrogens with one attached hydrogen (secondary N) is 2. The summed E-state index contributed by atoms with van der Waals surface area (Å²) >= 11 is 0. The largest absolute Gasteiger partial charge is 0.444 e. The Balaban J connectivity index is 1.71. The molecule has 1 atom stereocenters. The van der Waals surface area contributed by atoms with E-state index in [2.05, 4.69) is 15.6 Å². The van der Waals surface area contributed by atoms with Crippen LogP contribution in [0, 0.1) is 5.92 Å². The van der Waals surface area contributed by atoms with Gasteiger partial charge in [-0.1, -0.05) is 66.7 Å². The molecule has 2 aromatic carbocycles. The maximum atomic E-state index is 12.7. The summed E-state index contributed by atoms with van der Waals surface area (Å²) in [7, 11) is 0. The second kappa shape index (κ2) is 15.4. The number of ether oxygens (including phenoxy) is 3. The molecule has 1 fully saturated rings. The first-order chi connectivity index (χ1) is 19.6. The van der Waals surface area contributed by atoms with Gasteiger partial charge in [0, 0.05) is 18.8 Å². The lowest BCUT2D eigenvalue weighted by Crippen LogP contribution is -2.49. The lowest BCUT2D eigenvalue weighted by Gasteiger charge is -2.33. The molecule has 0 radical (unpaired) electrons. The van der Waals surface area contributed by atoms with E-state index in [4.69, 9.17) is 14.2 Å². The number of aliphatic hydroxyl groups is 1. The third-order valence-corrected chi connectivity index (χ3v) is 5.86. The van der Waals surface area contributed by atoms with Gasteiger partial charge in [-0.2, -0.15) is 0 Å². The molecule has 1 unspecified atom stereocenters.